The number of halogens is 3. The topological polar surface area (TPSA) is 40.6 Å². The summed E-state index contributed by atoms with van der Waals surface area (Å²) in [7, 11) is -0.948. The van der Waals surface area contributed by atoms with Crippen LogP contribution in [0.2, 0.25) is 10.0 Å². The van der Waals surface area contributed by atoms with Gasteiger partial charge in [0.1, 0.15) is 5.82 Å². The van der Waals surface area contributed by atoms with E-state index in [0.717, 1.165) is 9.87 Å². The van der Waals surface area contributed by atoms with Crippen LogP contribution in [-0.2, 0) is 16.8 Å². The molecule has 0 N–H and O–H groups in total. The molecule has 2 rings (SSSR count). The van der Waals surface area contributed by atoms with E-state index in [1.54, 1.807) is 31.2 Å². The Hall–Kier alpha value is -1.18. The van der Waals surface area contributed by atoms with Crippen molar-refractivity contribution in [1.29, 1.82) is 0 Å². The molecule has 1 atom stereocenters. The molecule has 0 spiro atoms. The highest BCUT2D eigenvalue weighted by molar-refractivity contribution is 7.86. The SMILES string of the molecule is CC(c1ccc(Cl)cc1)N(C)S(=O)(=O)N(C)Cc1c(F)cccc1Cl. The van der Waals surface area contributed by atoms with Crippen LogP contribution in [0.15, 0.2) is 42.5 Å². The van der Waals surface area contributed by atoms with Crippen LogP contribution in [-0.4, -0.2) is 31.1 Å². The second-order valence-electron chi connectivity index (χ2n) is 5.71. The van der Waals surface area contributed by atoms with E-state index in [2.05, 4.69) is 0 Å². The number of hydrogen-bond donors (Lipinski definition) is 0. The summed E-state index contributed by atoms with van der Waals surface area (Å²) in [6.45, 7) is 1.61. The molecule has 8 heteroatoms. The van der Waals surface area contributed by atoms with Crippen LogP contribution in [0.3, 0.4) is 0 Å². The van der Waals surface area contributed by atoms with Crippen LogP contribution in [0.4, 0.5) is 4.39 Å². The molecule has 0 aliphatic heterocycles. The normalized spacial score (nSPS) is 13.4. The van der Waals surface area contributed by atoms with E-state index in [4.69, 9.17) is 23.2 Å². The highest BCUT2D eigenvalue weighted by atomic mass is 35.5. The molecule has 0 fully saturated rings. The quantitative estimate of drug-likeness (QED) is 0.710. The molecule has 2 aromatic rings. The van der Waals surface area contributed by atoms with Gasteiger partial charge in [0, 0.05) is 42.3 Å². The van der Waals surface area contributed by atoms with Crippen molar-refractivity contribution in [1.82, 2.24) is 8.61 Å². The first-order chi connectivity index (χ1) is 11.6. The Labute approximate surface area is 158 Å². The third-order valence-electron chi connectivity index (χ3n) is 4.10. The molecule has 0 heterocycles. The lowest BCUT2D eigenvalue weighted by molar-refractivity contribution is 0.345. The van der Waals surface area contributed by atoms with Crippen molar-refractivity contribution in [3.05, 3.63) is 69.5 Å². The lowest BCUT2D eigenvalue weighted by Gasteiger charge is -2.29. The first-order valence-electron chi connectivity index (χ1n) is 7.52. The van der Waals surface area contributed by atoms with Gasteiger partial charge in [0.25, 0.3) is 10.2 Å². The van der Waals surface area contributed by atoms with Crippen LogP contribution in [0.1, 0.15) is 24.1 Å². The predicted molar refractivity (Wildman–Crippen MR) is 99.4 cm³/mol. The van der Waals surface area contributed by atoms with Gasteiger partial charge in [-0.15, -0.1) is 0 Å². The van der Waals surface area contributed by atoms with Crippen LogP contribution >= 0.6 is 23.2 Å². The fourth-order valence-electron chi connectivity index (χ4n) is 2.36. The summed E-state index contributed by atoms with van der Waals surface area (Å²) >= 11 is 11.9. The van der Waals surface area contributed by atoms with Gasteiger partial charge in [-0.05, 0) is 36.8 Å². The van der Waals surface area contributed by atoms with Gasteiger partial charge in [0.15, 0.2) is 0 Å². The van der Waals surface area contributed by atoms with Crippen molar-refractivity contribution < 1.29 is 12.8 Å². The third-order valence-corrected chi connectivity index (χ3v) is 6.67. The summed E-state index contributed by atoms with van der Waals surface area (Å²) < 4.78 is 41.8. The first-order valence-corrected chi connectivity index (χ1v) is 9.67. The Kier molecular flexibility index (Phi) is 6.45. The van der Waals surface area contributed by atoms with Crippen molar-refractivity contribution in [3.8, 4) is 0 Å². The maximum atomic E-state index is 13.9. The molecular weight excluding hydrogens is 386 g/mol. The van der Waals surface area contributed by atoms with Crippen LogP contribution in [0.5, 0.6) is 0 Å². The first kappa shape index (κ1) is 20.1. The summed E-state index contributed by atoms with van der Waals surface area (Å²) in [4.78, 5) is 0. The van der Waals surface area contributed by atoms with Gasteiger partial charge >= 0.3 is 0 Å². The molecule has 25 heavy (non-hydrogen) atoms. The smallest absolute Gasteiger partial charge is 0.207 e. The molecule has 0 saturated carbocycles. The maximum Gasteiger partial charge on any atom is 0.282 e. The molecule has 136 valence electrons. The Bertz CT molecular complexity index is 824. The molecule has 0 radical (unpaired) electrons. The van der Waals surface area contributed by atoms with E-state index in [-0.39, 0.29) is 17.1 Å². The zero-order chi connectivity index (χ0) is 18.8. The average Bonchev–Trinajstić information content (AvgIpc) is 2.57. The van der Waals surface area contributed by atoms with E-state index in [1.165, 1.54) is 36.6 Å². The lowest BCUT2D eigenvalue weighted by Crippen LogP contribution is -2.40. The standard InChI is InChI=1S/C17H19Cl2FN2O2S/c1-12(13-7-9-14(18)10-8-13)22(3)25(23,24)21(2)11-15-16(19)5-4-6-17(15)20/h4-10,12H,11H2,1-3H3. The fraction of sp³-hybridized carbons (Fsp3) is 0.294. The molecule has 1 unspecified atom stereocenters. The van der Waals surface area contributed by atoms with Crippen LogP contribution in [0, 0.1) is 5.82 Å². The molecule has 4 nitrogen and oxygen atoms in total. The molecule has 0 saturated heterocycles. The van der Waals surface area contributed by atoms with Gasteiger partial charge in [-0.25, -0.2) is 4.39 Å². The molecule has 0 bridgehead atoms. The Balaban J connectivity index is 2.22. The van der Waals surface area contributed by atoms with Crippen LogP contribution < -0.4 is 0 Å². The highest BCUT2D eigenvalue weighted by Gasteiger charge is 2.29. The zero-order valence-electron chi connectivity index (χ0n) is 14.1. The van der Waals surface area contributed by atoms with Crippen molar-refractivity contribution in [3.63, 3.8) is 0 Å². The fourth-order valence-corrected chi connectivity index (χ4v) is 3.96. The minimum Gasteiger partial charge on any atom is -0.207 e. The number of benzene rings is 2. The summed E-state index contributed by atoms with van der Waals surface area (Å²) in [5, 5.41) is 0.767. The average molecular weight is 405 g/mol. The van der Waals surface area contributed by atoms with E-state index in [0.29, 0.717) is 5.02 Å². The minimum atomic E-state index is -3.82. The molecule has 0 aliphatic carbocycles. The third kappa shape index (κ3) is 4.51. The van der Waals surface area contributed by atoms with E-state index < -0.39 is 22.1 Å². The molecule has 0 aliphatic rings. The number of hydrogen-bond acceptors (Lipinski definition) is 2. The molecule has 0 amide bonds. The largest absolute Gasteiger partial charge is 0.282 e. The number of nitrogens with zero attached hydrogens (tertiary/aromatic N) is 2. The monoisotopic (exact) mass is 404 g/mol. The van der Waals surface area contributed by atoms with Crippen molar-refractivity contribution in [2.45, 2.75) is 19.5 Å². The van der Waals surface area contributed by atoms with E-state index >= 15 is 0 Å². The number of rotatable bonds is 6. The summed E-state index contributed by atoms with van der Waals surface area (Å²) in [5.74, 6) is -0.539. The lowest BCUT2D eigenvalue weighted by atomic mass is 10.1. The van der Waals surface area contributed by atoms with E-state index in [1.807, 2.05) is 0 Å². The van der Waals surface area contributed by atoms with Crippen molar-refractivity contribution >= 4 is 33.4 Å². The van der Waals surface area contributed by atoms with Crippen LogP contribution in [0.25, 0.3) is 0 Å². The Morgan fingerprint density at radius 2 is 1.68 bits per heavy atom. The van der Waals surface area contributed by atoms with Gasteiger partial charge in [-0.2, -0.15) is 17.0 Å². The van der Waals surface area contributed by atoms with Gasteiger partial charge < -0.3 is 0 Å². The molecular formula is C17H19Cl2FN2O2S. The van der Waals surface area contributed by atoms with Gasteiger partial charge in [-0.1, -0.05) is 41.4 Å². The van der Waals surface area contributed by atoms with Crippen molar-refractivity contribution in [2.24, 2.45) is 0 Å². The van der Waals surface area contributed by atoms with Gasteiger partial charge in [0.05, 0.1) is 0 Å². The maximum absolute atomic E-state index is 13.9. The highest BCUT2D eigenvalue weighted by Crippen LogP contribution is 2.26. The minimum absolute atomic E-state index is 0.141. The second kappa shape index (κ2) is 8.01. The van der Waals surface area contributed by atoms with E-state index in [9.17, 15) is 12.8 Å². The summed E-state index contributed by atoms with van der Waals surface area (Å²) in [6.07, 6.45) is 0. The molecule has 2 aromatic carbocycles. The van der Waals surface area contributed by atoms with Crippen molar-refractivity contribution in [2.75, 3.05) is 14.1 Å². The van der Waals surface area contributed by atoms with Gasteiger partial charge in [0.2, 0.25) is 0 Å². The Morgan fingerprint density at radius 1 is 1.08 bits per heavy atom. The predicted octanol–water partition coefficient (Wildman–Crippen LogP) is 4.50. The Morgan fingerprint density at radius 3 is 2.24 bits per heavy atom. The molecule has 0 aromatic heterocycles. The summed E-state index contributed by atoms with van der Waals surface area (Å²) in [6, 6.07) is 10.8. The van der Waals surface area contributed by atoms with Gasteiger partial charge in [-0.3, -0.25) is 0 Å². The summed E-state index contributed by atoms with van der Waals surface area (Å²) in [5.41, 5.74) is 0.940. The zero-order valence-corrected chi connectivity index (χ0v) is 16.4. The second-order valence-corrected chi connectivity index (χ2v) is 8.65.